The molecule has 1 aromatic heterocycles. The maximum atomic E-state index is 13.0. The average molecular weight is 496 g/mol. The molecule has 0 fully saturated rings. The molecule has 0 atom stereocenters. The number of aryl methyl sites for hydroxylation is 3. The fourth-order valence-corrected chi connectivity index (χ4v) is 5.93. The lowest BCUT2D eigenvalue weighted by atomic mass is 10.1. The number of sulfonamides is 1. The fraction of sp³-hybridized carbons (Fsp3) is 0.200. The molecule has 1 N–H and O–H groups in total. The molecule has 3 aromatic carbocycles. The van der Waals surface area contributed by atoms with Crippen molar-refractivity contribution in [3.63, 3.8) is 0 Å². The molecule has 0 aliphatic rings. The van der Waals surface area contributed by atoms with E-state index < -0.39 is 15.9 Å². The summed E-state index contributed by atoms with van der Waals surface area (Å²) in [5.41, 5.74) is 3.93. The van der Waals surface area contributed by atoms with Crippen LogP contribution in [0.5, 0.6) is 5.75 Å². The molecular formula is C25H25N3O4S2. The molecule has 1 heterocycles. The Kier molecular flexibility index (Phi) is 6.58. The van der Waals surface area contributed by atoms with Crippen LogP contribution in [0.25, 0.3) is 10.2 Å². The lowest BCUT2D eigenvalue weighted by Crippen LogP contribution is -2.16. The van der Waals surface area contributed by atoms with Crippen LogP contribution < -0.4 is 14.3 Å². The second-order valence-corrected chi connectivity index (χ2v) is 10.5. The van der Waals surface area contributed by atoms with Crippen molar-refractivity contribution < 1.29 is 17.9 Å². The highest BCUT2D eigenvalue weighted by molar-refractivity contribution is 7.92. The number of amides is 1. The predicted octanol–water partition coefficient (Wildman–Crippen LogP) is 4.89. The van der Waals surface area contributed by atoms with Gasteiger partial charge in [0.1, 0.15) is 5.75 Å². The van der Waals surface area contributed by atoms with E-state index in [0.29, 0.717) is 22.7 Å². The molecule has 0 unspecified atom stereocenters. The smallest absolute Gasteiger partial charge is 0.279 e. The third-order valence-electron chi connectivity index (χ3n) is 5.36. The first-order chi connectivity index (χ1) is 16.2. The van der Waals surface area contributed by atoms with Gasteiger partial charge in [-0.1, -0.05) is 23.5 Å². The Hall–Kier alpha value is -3.43. The van der Waals surface area contributed by atoms with E-state index in [1.54, 1.807) is 30.3 Å². The minimum Gasteiger partial charge on any atom is -0.497 e. The Morgan fingerprint density at radius 1 is 1.09 bits per heavy atom. The molecule has 0 aliphatic carbocycles. The van der Waals surface area contributed by atoms with E-state index >= 15 is 0 Å². The predicted molar refractivity (Wildman–Crippen MR) is 135 cm³/mol. The van der Waals surface area contributed by atoms with Gasteiger partial charge >= 0.3 is 0 Å². The van der Waals surface area contributed by atoms with E-state index in [0.717, 1.165) is 21.3 Å². The van der Waals surface area contributed by atoms with Crippen LogP contribution >= 0.6 is 11.3 Å². The summed E-state index contributed by atoms with van der Waals surface area (Å²) in [5, 5.41) is 0. The number of carbonyl (C=O) groups is 1. The van der Waals surface area contributed by atoms with Crippen LogP contribution in [0.4, 0.5) is 5.69 Å². The maximum absolute atomic E-state index is 13.0. The molecule has 4 aromatic rings. The van der Waals surface area contributed by atoms with Gasteiger partial charge in [0, 0.05) is 17.8 Å². The van der Waals surface area contributed by atoms with Crippen LogP contribution in [0.2, 0.25) is 0 Å². The number of aromatic nitrogens is 1. The third kappa shape index (κ3) is 4.76. The Balaban J connectivity index is 1.66. The van der Waals surface area contributed by atoms with Crippen molar-refractivity contribution in [1.29, 1.82) is 0 Å². The molecule has 34 heavy (non-hydrogen) atoms. The maximum Gasteiger partial charge on any atom is 0.279 e. The number of fused-ring (bicyclic) bond motifs is 1. The van der Waals surface area contributed by atoms with Gasteiger partial charge in [-0.2, -0.15) is 4.99 Å². The van der Waals surface area contributed by atoms with Crippen LogP contribution in [0.3, 0.4) is 0 Å². The summed E-state index contributed by atoms with van der Waals surface area (Å²) in [7, 11) is -2.31. The molecule has 0 aliphatic heterocycles. The summed E-state index contributed by atoms with van der Waals surface area (Å²) in [6, 6.07) is 16.6. The van der Waals surface area contributed by atoms with Gasteiger partial charge in [0.25, 0.3) is 15.9 Å². The largest absolute Gasteiger partial charge is 0.497 e. The van der Waals surface area contributed by atoms with E-state index in [1.165, 1.54) is 36.6 Å². The van der Waals surface area contributed by atoms with Crippen LogP contribution in [-0.2, 0) is 16.6 Å². The van der Waals surface area contributed by atoms with Crippen LogP contribution in [0.15, 0.2) is 70.6 Å². The first kappa shape index (κ1) is 23.7. The van der Waals surface area contributed by atoms with E-state index in [2.05, 4.69) is 28.8 Å². The number of methoxy groups -OCH3 is 1. The lowest BCUT2D eigenvalue weighted by molar-refractivity contribution is 0.0998. The number of nitrogens with zero attached hydrogens (tertiary/aromatic N) is 2. The number of carbonyl (C=O) groups excluding carboxylic acids is 1. The highest BCUT2D eigenvalue weighted by Gasteiger charge is 2.16. The molecule has 7 nitrogen and oxygen atoms in total. The Bertz CT molecular complexity index is 1550. The number of anilines is 1. The van der Waals surface area contributed by atoms with Gasteiger partial charge in [-0.25, -0.2) is 8.42 Å². The standard InChI is InChI=1S/C25H25N3O4S2/c1-5-28-22-14-16(2)13-17(3)23(22)33-25(28)26-24(29)18-7-6-8-19(15-18)27-34(30,31)21-11-9-20(32-4)10-12-21/h6-15,27H,5H2,1-4H3. The normalized spacial score (nSPS) is 12.2. The molecule has 4 rings (SSSR count). The number of benzene rings is 3. The zero-order valence-corrected chi connectivity index (χ0v) is 21.0. The topological polar surface area (TPSA) is 89.8 Å². The van der Waals surface area contributed by atoms with Crippen LogP contribution in [-0.4, -0.2) is 26.0 Å². The molecule has 0 spiro atoms. The Morgan fingerprint density at radius 2 is 1.82 bits per heavy atom. The average Bonchev–Trinajstić information content (AvgIpc) is 3.16. The quantitative estimate of drug-likeness (QED) is 0.412. The van der Waals surface area contributed by atoms with Gasteiger partial charge in [-0.15, -0.1) is 0 Å². The van der Waals surface area contributed by atoms with Crippen LogP contribution in [0, 0.1) is 13.8 Å². The molecule has 1 amide bonds. The fourth-order valence-electron chi connectivity index (χ4n) is 3.74. The zero-order chi connectivity index (χ0) is 24.5. The third-order valence-corrected chi connectivity index (χ3v) is 7.99. The number of rotatable bonds is 6. The van der Waals surface area contributed by atoms with E-state index in [1.807, 2.05) is 18.4 Å². The first-order valence-electron chi connectivity index (χ1n) is 10.7. The number of hydrogen-bond acceptors (Lipinski definition) is 5. The van der Waals surface area contributed by atoms with Crippen molar-refractivity contribution in [1.82, 2.24) is 4.57 Å². The summed E-state index contributed by atoms with van der Waals surface area (Å²) >= 11 is 1.47. The summed E-state index contributed by atoms with van der Waals surface area (Å²) in [6.45, 7) is 6.79. The lowest BCUT2D eigenvalue weighted by Gasteiger charge is -2.09. The van der Waals surface area contributed by atoms with Crippen molar-refractivity contribution in [2.75, 3.05) is 11.8 Å². The van der Waals surface area contributed by atoms with Crippen molar-refractivity contribution in [3.05, 3.63) is 82.2 Å². The van der Waals surface area contributed by atoms with Gasteiger partial charge < -0.3 is 9.30 Å². The van der Waals surface area contributed by atoms with Gasteiger partial charge in [0.15, 0.2) is 4.80 Å². The zero-order valence-electron chi connectivity index (χ0n) is 19.3. The van der Waals surface area contributed by atoms with Crippen LogP contribution in [0.1, 0.15) is 28.4 Å². The Labute approximate surface area is 202 Å². The monoisotopic (exact) mass is 495 g/mol. The second kappa shape index (κ2) is 9.44. The van der Waals surface area contributed by atoms with Gasteiger partial charge in [-0.05, 0) is 80.4 Å². The second-order valence-electron chi connectivity index (χ2n) is 7.84. The van der Waals surface area contributed by atoms with E-state index in [-0.39, 0.29) is 10.6 Å². The minimum atomic E-state index is -3.83. The van der Waals surface area contributed by atoms with Gasteiger partial charge in [0.05, 0.1) is 22.2 Å². The van der Waals surface area contributed by atoms with Crippen molar-refractivity contribution >= 4 is 43.2 Å². The number of ether oxygens (including phenoxy) is 1. The summed E-state index contributed by atoms with van der Waals surface area (Å²) in [4.78, 5) is 18.1. The number of nitrogens with one attached hydrogen (secondary N) is 1. The molecule has 176 valence electrons. The molecule has 0 radical (unpaired) electrons. The van der Waals surface area contributed by atoms with Crippen molar-refractivity contribution in [2.24, 2.45) is 4.99 Å². The summed E-state index contributed by atoms with van der Waals surface area (Å²) < 4.78 is 36.2. The highest BCUT2D eigenvalue weighted by atomic mass is 32.2. The molecular weight excluding hydrogens is 470 g/mol. The Morgan fingerprint density at radius 3 is 2.50 bits per heavy atom. The highest BCUT2D eigenvalue weighted by Crippen LogP contribution is 2.24. The number of thiazole rings is 1. The van der Waals surface area contributed by atoms with Gasteiger partial charge in [-0.3, -0.25) is 9.52 Å². The van der Waals surface area contributed by atoms with Crippen molar-refractivity contribution in [2.45, 2.75) is 32.2 Å². The molecule has 0 saturated heterocycles. The molecule has 0 bridgehead atoms. The van der Waals surface area contributed by atoms with Gasteiger partial charge in [0.2, 0.25) is 0 Å². The first-order valence-corrected chi connectivity index (χ1v) is 13.0. The summed E-state index contributed by atoms with van der Waals surface area (Å²) in [6.07, 6.45) is 0. The SMILES string of the molecule is CCn1c(=NC(=O)c2cccc(NS(=O)(=O)c3ccc(OC)cc3)c2)sc2c(C)cc(C)cc21. The van der Waals surface area contributed by atoms with E-state index in [9.17, 15) is 13.2 Å². The minimum absolute atomic E-state index is 0.0923. The van der Waals surface area contributed by atoms with E-state index in [4.69, 9.17) is 4.74 Å². The molecule has 0 saturated carbocycles. The van der Waals surface area contributed by atoms with Crippen molar-refractivity contribution in [3.8, 4) is 5.75 Å². The number of hydrogen-bond donors (Lipinski definition) is 1. The summed E-state index contributed by atoms with van der Waals surface area (Å²) in [5.74, 6) is 0.123. The molecule has 9 heteroatoms.